The third-order valence-corrected chi connectivity index (χ3v) is 4.78. The second kappa shape index (κ2) is 7.12. The van der Waals surface area contributed by atoms with Crippen LogP contribution in [0.15, 0.2) is 17.0 Å². The van der Waals surface area contributed by atoms with Gasteiger partial charge >= 0.3 is 0 Å². The van der Waals surface area contributed by atoms with Gasteiger partial charge in [-0.05, 0) is 31.0 Å². The Bertz CT molecular complexity index is 530. The predicted octanol–water partition coefficient (Wildman–Crippen LogP) is 3.09. The molecule has 0 aliphatic heterocycles. The summed E-state index contributed by atoms with van der Waals surface area (Å²) in [5, 5.41) is 0.328. The molecule has 0 saturated carbocycles. The van der Waals surface area contributed by atoms with Gasteiger partial charge in [0.2, 0.25) is 10.0 Å². The number of hydrogen-bond donors (Lipinski definition) is 2. The van der Waals surface area contributed by atoms with Crippen molar-refractivity contribution in [2.24, 2.45) is 0 Å². The van der Waals surface area contributed by atoms with E-state index in [-0.39, 0.29) is 4.90 Å². The van der Waals surface area contributed by atoms with Crippen molar-refractivity contribution in [3.63, 3.8) is 0 Å². The first-order chi connectivity index (χ1) is 8.88. The number of unbranched alkanes of at least 4 members (excludes halogenated alkanes) is 3. The van der Waals surface area contributed by atoms with E-state index >= 15 is 0 Å². The van der Waals surface area contributed by atoms with Crippen molar-refractivity contribution >= 4 is 27.3 Å². The van der Waals surface area contributed by atoms with Crippen molar-refractivity contribution in [3.8, 4) is 0 Å². The van der Waals surface area contributed by atoms with Crippen molar-refractivity contribution in [3.05, 3.63) is 22.7 Å². The molecule has 0 atom stereocenters. The maximum absolute atomic E-state index is 12.2. The molecule has 3 N–H and O–H groups in total. The summed E-state index contributed by atoms with van der Waals surface area (Å²) < 4.78 is 26.9. The van der Waals surface area contributed by atoms with E-state index in [1.807, 2.05) is 0 Å². The number of nitrogens with two attached hydrogens (primary N) is 1. The van der Waals surface area contributed by atoms with Gasteiger partial charge < -0.3 is 5.73 Å². The number of hydrogen-bond acceptors (Lipinski definition) is 3. The Balaban J connectivity index is 2.78. The highest BCUT2D eigenvalue weighted by Gasteiger charge is 2.18. The van der Waals surface area contributed by atoms with Crippen molar-refractivity contribution in [2.45, 2.75) is 44.4 Å². The molecule has 0 bridgehead atoms. The molecule has 0 saturated heterocycles. The van der Waals surface area contributed by atoms with Crippen LogP contribution in [-0.2, 0) is 10.0 Å². The first-order valence-electron chi connectivity index (χ1n) is 6.43. The number of nitrogens with one attached hydrogen (secondary N) is 1. The van der Waals surface area contributed by atoms with Gasteiger partial charge in [-0.15, -0.1) is 0 Å². The van der Waals surface area contributed by atoms with Gasteiger partial charge in [0, 0.05) is 17.3 Å². The van der Waals surface area contributed by atoms with E-state index in [4.69, 9.17) is 17.3 Å². The van der Waals surface area contributed by atoms with Gasteiger partial charge in [0.25, 0.3) is 0 Å². The van der Waals surface area contributed by atoms with Crippen LogP contribution in [-0.4, -0.2) is 15.0 Å². The van der Waals surface area contributed by atoms with E-state index < -0.39 is 10.0 Å². The van der Waals surface area contributed by atoms with Crippen LogP contribution in [0.5, 0.6) is 0 Å². The van der Waals surface area contributed by atoms with E-state index in [2.05, 4.69) is 11.6 Å². The molecule has 1 rings (SSSR count). The first kappa shape index (κ1) is 16.3. The van der Waals surface area contributed by atoms with Crippen molar-refractivity contribution < 1.29 is 8.42 Å². The van der Waals surface area contributed by atoms with Gasteiger partial charge in [-0.3, -0.25) is 0 Å². The Morgan fingerprint density at radius 3 is 2.58 bits per heavy atom. The third-order valence-electron chi connectivity index (χ3n) is 2.98. The fourth-order valence-electron chi connectivity index (χ4n) is 1.79. The molecular formula is C13H21ClN2O2S. The second-order valence-electron chi connectivity index (χ2n) is 4.58. The lowest BCUT2D eigenvalue weighted by atomic mass is 10.2. The lowest BCUT2D eigenvalue weighted by Crippen LogP contribution is -2.25. The van der Waals surface area contributed by atoms with Crippen LogP contribution in [0.1, 0.15) is 38.2 Å². The second-order valence-corrected chi connectivity index (χ2v) is 6.75. The highest BCUT2D eigenvalue weighted by atomic mass is 35.5. The molecule has 1 aromatic carbocycles. The maximum atomic E-state index is 12.2. The summed E-state index contributed by atoms with van der Waals surface area (Å²) in [6.45, 7) is 4.23. The average Bonchev–Trinajstić information content (AvgIpc) is 2.33. The molecule has 0 aliphatic carbocycles. The van der Waals surface area contributed by atoms with Crippen LogP contribution < -0.4 is 10.5 Å². The Hall–Kier alpha value is -0.780. The lowest BCUT2D eigenvalue weighted by molar-refractivity contribution is 0.573. The zero-order valence-electron chi connectivity index (χ0n) is 11.4. The molecule has 1 aromatic rings. The summed E-state index contributed by atoms with van der Waals surface area (Å²) in [7, 11) is -3.54. The van der Waals surface area contributed by atoms with Gasteiger partial charge in [0.1, 0.15) is 0 Å². The van der Waals surface area contributed by atoms with Crippen molar-refractivity contribution in [1.29, 1.82) is 0 Å². The molecule has 108 valence electrons. The summed E-state index contributed by atoms with van der Waals surface area (Å²) in [5.41, 5.74) is 6.66. The molecular weight excluding hydrogens is 284 g/mol. The van der Waals surface area contributed by atoms with Crippen LogP contribution in [0.2, 0.25) is 5.02 Å². The lowest BCUT2D eigenvalue weighted by Gasteiger charge is -2.11. The SMILES string of the molecule is CCCCCCNS(=O)(=O)c1cc(Cl)cc(N)c1C. The summed E-state index contributed by atoms with van der Waals surface area (Å²) in [5.74, 6) is 0. The van der Waals surface area contributed by atoms with E-state index in [9.17, 15) is 8.42 Å². The number of sulfonamides is 1. The molecule has 4 nitrogen and oxygen atoms in total. The number of rotatable bonds is 7. The summed E-state index contributed by atoms with van der Waals surface area (Å²) >= 11 is 5.86. The Morgan fingerprint density at radius 1 is 1.26 bits per heavy atom. The maximum Gasteiger partial charge on any atom is 0.240 e. The summed E-state index contributed by atoms with van der Waals surface area (Å²) in [4.78, 5) is 0.160. The van der Waals surface area contributed by atoms with E-state index in [1.54, 1.807) is 13.0 Å². The van der Waals surface area contributed by atoms with Gasteiger partial charge in [-0.1, -0.05) is 37.8 Å². The molecule has 0 aliphatic rings. The van der Waals surface area contributed by atoms with E-state index in [0.717, 1.165) is 25.7 Å². The van der Waals surface area contributed by atoms with Crippen LogP contribution >= 0.6 is 11.6 Å². The summed E-state index contributed by atoms with van der Waals surface area (Å²) in [6, 6.07) is 2.98. The van der Waals surface area contributed by atoms with Gasteiger partial charge in [-0.2, -0.15) is 0 Å². The number of anilines is 1. The molecule has 0 spiro atoms. The van der Waals surface area contributed by atoms with Gasteiger partial charge in [-0.25, -0.2) is 13.1 Å². The molecule has 6 heteroatoms. The van der Waals surface area contributed by atoms with Crippen LogP contribution in [0.4, 0.5) is 5.69 Å². The molecule has 0 aromatic heterocycles. The smallest absolute Gasteiger partial charge is 0.240 e. The Kier molecular flexibility index (Phi) is 6.10. The number of halogens is 1. The molecule has 0 fully saturated rings. The quantitative estimate of drug-likeness (QED) is 0.600. The van der Waals surface area contributed by atoms with Crippen LogP contribution in [0, 0.1) is 6.92 Å². The largest absolute Gasteiger partial charge is 0.398 e. The van der Waals surface area contributed by atoms with Gasteiger partial charge in [0.05, 0.1) is 4.90 Å². The molecule has 0 radical (unpaired) electrons. The zero-order valence-corrected chi connectivity index (χ0v) is 12.9. The highest BCUT2D eigenvalue weighted by Crippen LogP contribution is 2.25. The van der Waals surface area contributed by atoms with Crippen LogP contribution in [0.25, 0.3) is 0 Å². The minimum Gasteiger partial charge on any atom is -0.398 e. The third kappa shape index (κ3) is 4.67. The molecule has 0 unspecified atom stereocenters. The molecule has 0 heterocycles. The monoisotopic (exact) mass is 304 g/mol. The first-order valence-corrected chi connectivity index (χ1v) is 8.30. The predicted molar refractivity (Wildman–Crippen MR) is 79.9 cm³/mol. The fourth-order valence-corrected chi connectivity index (χ4v) is 3.45. The zero-order chi connectivity index (χ0) is 14.5. The molecule has 19 heavy (non-hydrogen) atoms. The van der Waals surface area contributed by atoms with E-state index in [0.29, 0.717) is 22.8 Å². The number of benzene rings is 1. The topological polar surface area (TPSA) is 72.2 Å². The molecule has 0 amide bonds. The highest BCUT2D eigenvalue weighted by molar-refractivity contribution is 7.89. The normalized spacial score (nSPS) is 11.7. The minimum atomic E-state index is -3.54. The van der Waals surface area contributed by atoms with Crippen LogP contribution in [0.3, 0.4) is 0 Å². The van der Waals surface area contributed by atoms with Crippen molar-refractivity contribution in [1.82, 2.24) is 4.72 Å². The number of nitrogen functional groups attached to an aromatic ring is 1. The van der Waals surface area contributed by atoms with E-state index in [1.165, 1.54) is 6.07 Å². The Labute approximate surface area is 120 Å². The fraction of sp³-hybridized carbons (Fsp3) is 0.538. The van der Waals surface area contributed by atoms with Crippen molar-refractivity contribution in [2.75, 3.05) is 12.3 Å². The Morgan fingerprint density at radius 2 is 1.95 bits per heavy atom. The van der Waals surface area contributed by atoms with Gasteiger partial charge in [0.15, 0.2) is 0 Å². The average molecular weight is 305 g/mol. The standard InChI is InChI=1S/C13H21ClN2O2S/c1-3-4-5-6-7-16-19(17,18)13-9-11(14)8-12(15)10(13)2/h8-9,16H,3-7,15H2,1-2H3. The minimum absolute atomic E-state index is 0.160. The summed E-state index contributed by atoms with van der Waals surface area (Å²) in [6.07, 6.45) is 4.10.